The molecule has 0 aliphatic heterocycles. The normalized spacial score (nSPS) is 12.2. The third-order valence-corrected chi connectivity index (χ3v) is 3.46. The van der Waals surface area contributed by atoms with Crippen LogP contribution in [0, 0.1) is 0 Å². The van der Waals surface area contributed by atoms with Gasteiger partial charge in [-0.3, -0.25) is 0 Å². The van der Waals surface area contributed by atoms with Crippen LogP contribution in [-0.4, -0.2) is 25.9 Å². The van der Waals surface area contributed by atoms with E-state index in [9.17, 15) is 18.0 Å². The highest BCUT2D eigenvalue weighted by Gasteiger charge is 2.29. The van der Waals surface area contributed by atoms with Crippen molar-refractivity contribution in [1.29, 1.82) is 0 Å². The van der Waals surface area contributed by atoms with Crippen molar-refractivity contribution in [3.63, 3.8) is 0 Å². The molecule has 0 aliphatic carbocycles. The summed E-state index contributed by atoms with van der Waals surface area (Å²) in [5.74, 6) is 0.0246. The van der Waals surface area contributed by atoms with Gasteiger partial charge in [-0.25, -0.2) is 4.79 Å². The van der Waals surface area contributed by atoms with Crippen molar-refractivity contribution in [3.05, 3.63) is 54.1 Å². The lowest BCUT2D eigenvalue weighted by Crippen LogP contribution is -2.31. The number of methoxy groups -OCH3 is 1. The number of alkyl halides is 3. The number of ether oxygens (including phenoxy) is 2. The largest absolute Gasteiger partial charge is 0.493 e. The smallest absolute Gasteiger partial charge is 0.422 e. The summed E-state index contributed by atoms with van der Waals surface area (Å²) in [6.45, 7) is 0.366. The molecule has 26 heavy (non-hydrogen) atoms. The topological polar surface area (TPSA) is 59.6 Å². The monoisotopic (exact) mass is 368 g/mol. The van der Waals surface area contributed by atoms with E-state index < -0.39 is 18.8 Å². The number of carbonyl (C=O) groups excluding carboxylic acids is 1. The minimum atomic E-state index is -4.48. The third kappa shape index (κ3) is 5.87. The summed E-state index contributed by atoms with van der Waals surface area (Å²) >= 11 is 0. The van der Waals surface area contributed by atoms with Gasteiger partial charge in [0.1, 0.15) is 0 Å². The van der Waals surface area contributed by atoms with E-state index >= 15 is 0 Å². The van der Waals surface area contributed by atoms with Gasteiger partial charge in [0, 0.05) is 11.8 Å². The van der Waals surface area contributed by atoms with E-state index in [2.05, 4.69) is 10.6 Å². The van der Waals surface area contributed by atoms with Crippen LogP contribution in [0.2, 0.25) is 0 Å². The molecule has 2 amide bonds. The van der Waals surface area contributed by atoms with Gasteiger partial charge < -0.3 is 20.1 Å². The van der Waals surface area contributed by atoms with E-state index in [0.717, 1.165) is 5.56 Å². The van der Waals surface area contributed by atoms with Crippen LogP contribution in [0.4, 0.5) is 23.7 Å². The standard InChI is InChI=1S/C18H19F3N2O3/c1-12(13-6-4-3-5-7-13)22-17(24)23-14-8-9-15(25-2)16(10-14)26-11-18(19,20)21/h3-10,12H,11H2,1-2H3,(H2,22,23,24). The zero-order chi connectivity index (χ0) is 19.2. The fourth-order valence-corrected chi connectivity index (χ4v) is 2.22. The first-order valence-electron chi connectivity index (χ1n) is 7.78. The summed E-state index contributed by atoms with van der Waals surface area (Å²) in [5.41, 5.74) is 1.20. The first-order chi connectivity index (χ1) is 12.3. The van der Waals surface area contributed by atoms with Crippen molar-refractivity contribution < 1.29 is 27.4 Å². The Bertz CT molecular complexity index is 736. The summed E-state index contributed by atoms with van der Waals surface area (Å²) in [6.07, 6.45) is -4.48. The molecule has 1 atom stereocenters. The maximum absolute atomic E-state index is 12.3. The van der Waals surface area contributed by atoms with Gasteiger partial charge in [0.25, 0.3) is 0 Å². The summed E-state index contributed by atoms with van der Waals surface area (Å²) in [5, 5.41) is 5.31. The Morgan fingerprint density at radius 1 is 1.12 bits per heavy atom. The molecule has 0 fully saturated rings. The number of anilines is 1. The van der Waals surface area contributed by atoms with Gasteiger partial charge in [0.2, 0.25) is 0 Å². The number of amides is 2. The maximum Gasteiger partial charge on any atom is 0.422 e. The van der Waals surface area contributed by atoms with E-state index in [4.69, 9.17) is 9.47 Å². The molecule has 0 heterocycles. The van der Waals surface area contributed by atoms with Crippen molar-refractivity contribution in [3.8, 4) is 11.5 Å². The summed E-state index contributed by atoms with van der Waals surface area (Å²) in [7, 11) is 1.32. The second-order valence-electron chi connectivity index (χ2n) is 5.50. The third-order valence-electron chi connectivity index (χ3n) is 3.46. The number of hydrogen-bond donors (Lipinski definition) is 2. The van der Waals surface area contributed by atoms with Crippen molar-refractivity contribution in [1.82, 2.24) is 5.32 Å². The van der Waals surface area contributed by atoms with Gasteiger partial charge in [-0.15, -0.1) is 0 Å². The molecule has 2 N–H and O–H groups in total. The summed E-state index contributed by atoms with van der Waals surface area (Å²) < 4.78 is 46.8. The number of urea groups is 1. The quantitative estimate of drug-likeness (QED) is 0.788. The predicted molar refractivity (Wildman–Crippen MR) is 91.6 cm³/mol. The van der Waals surface area contributed by atoms with Crippen LogP contribution in [-0.2, 0) is 0 Å². The Morgan fingerprint density at radius 3 is 2.42 bits per heavy atom. The second-order valence-corrected chi connectivity index (χ2v) is 5.50. The number of rotatable bonds is 6. The van der Waals surface area contributed by atoms with Gasteiger partial charge in [-0.1, -0.05) is 30.3 Å². The lowest BCUT2D eigenvalue weighted by atomic mass is 10.1. The van der Waals surface area contributed by atoms with Crippen LogP contribution < -0.4 is 20.1 Å². The minimum Gasteiger partial charge on any atom is -0.493 e. The molecule has 0 aliphatic rings. The molecule has 8 heteroatoms. The zero-order valence-corrected chi connectivity index (χ0v) is 14.3. The van der Waals surface area contributed by atoms with Crippen LogP contribution in [0.1, 0.15) is 18.5 Å². The Morgan fingerprint density at radius 2 is 1.81 bits per heavy atom. The number of benzene rings is 2. The predicted octanol–water partition coefficient (Wildman–Crippen LogP) is 4.52. The Balaban J connectivity index is 2.03. The molecule has 2 rings (SSSR count). The Hall–Kier alpha value is -2.90. The van der Waals surface area contributed by atoms with Gasteiger partial charge in [-0.2, -0.15) is 13.2 Å². The molecule has 0 saturated carbocycles. The highest BCUT2D eigenvalue weighted by Crippen LogP contribution is 2.31. The molecule has 0 spiro atoms. The van der Waals surface area contributed by atoms with E-state index in [1.807, 2.05) is 37.3 Å². The Kier molecular flexibility index (Phi) is 6.32. The highest BCUT2D eigenvalue weighted by molar-refractivity contribution is 5.89. The fraction of sp³-hybridized carbons (Fsp3) is 0.278. The van der Waals surface area contributed by atoms with E-state index in [1.165, 1.54) is 25.3 Å². The molecule has 2 aromatic carbocycles. The lowest BCUT2D eigenvalue weighted by Gasteiger charge is -2.16. The average Bonchev–Trinajstić information content (AvgIpc) is 2.60. The number of carbonyl (C=O) groups is 1. The number of nitrogens with one attached hydrogen (secondary N) is 2. The summed E-state index contributed by atoms with van der Waals surface area (Å²) in [6, 6.07) is 12.8. The van der Waals surface area contributed by atoms with Crippen molar-refractivity contribution >= 4 is 11.7 Å². The van der Waals surface area contributed by atoms with E-state index in [1.54, 1.807) is 0 Å². The van der Waals surface area contributed by atoms with Gasteiger partial charge in [0.05, 0.1) is 13.2 Å². The van der Waals surface area contributed by atoms with Crippen LogP contribution >= 0.6 is 0 Å². The zero-order valence-electron chi connectivity index (χ0n) is 14.3. The first kappa shape index (κ1) is 19.4. The SMILES string of the molecule is COc1ccc(NC(=O)NC(C)c2ccccc2)cc1OCC(F)(F)F. The second kappa shape index (κ2) is 8.46. The first-order valence-corrected chi connectivity index (χ1v) is 7.78. The molecule has 0 radical (unpaired) electrons. The van der Waals surface area contributed by atoms with Crippen LogP contribution in [0.25, 0.3) is 0 Å². The van der Waals surface area contributed by atoms with Crippen LogP contribution in [0.5, 0.6) is 11.5 Å². The molecule has 5 nitrogen and oxygen atoms in total. The van der Waals surface area contributed by atoms with Crippen molar-refractivity contribution in [2.45, 2.75) is 19.1 Å². The number of halogens is 3. The highest BCUT2D eigenvalue weighted by atomic mass is 19.4. The van der Waals surface area contributed by atoms with Crippen molar-refractivity contribution in [2.75, 3.05) is 19.0 Å². The molecule has 0 bridgehead atoms. The minimum absolute atomic E-state index is 0.112. The molecule has 2 aromatic rings. The van der Waals surface area contributed by atoms with Gasteiger partial charge >= 0.3 is 12.2 Å². The van der Waals surface area contributed by atoms with Crippen LogP contribution in [0.3, 0.4) is 0 Å². The maximum atomic E-state index is 12.3. The molecule has 0 saturated heterocycles. The van der Waals surface area contributed by atoms with Crippen molar-refractivity contribution in [2.24, 2.45) is 0 Å². The van der Waals surface area contributed by atoms with Crippen LogP contribution in [0.15, 0.2) is 48.5 Å². The van der Waals surface area contributed by atoms with Gasteiger partial charge in [-0.05, 0) is 24.6 Å². The molecule has 140 valence electrons. The molecule has 0 aromatic heterocycles. The summed E-state index contributed by atoms with van der Waals surface area (Å²) in [4.78, 5) is 12.1. The van der Waals surface area contributed by atoms with Gasteiger partial charge in [0.15, 0.2) is 18.1 Å². The van der Waals surface area contributed by atoms with E-state index in [0.29, 0.717) is 0 Å². The van der Waals surface area contributed by atoms with E-state index in [-0.39, 0.29) is 23.2 Å². The molecule has 1 unspecified atom stereocenters. The molecular formula is C18H19F3N2O3. The lowest BCUT2D eigenvalue weighted by molar-refractivity contribution is -0.153. The Labute approximate surface area is 149 Å². The fourth-order valence-electron chi connectivity index (χ4n) is 2.22. The number of hydrogen-bond acceptors (Lipinski definition) is 3. The molecular weight excluding hydrogens is 349 g/mol. The average molecular weight is 368 g/mol.